The van der Waals surface area contributed by atoms with Crippen LogP contribution in [0.4, 0.5) is 0 Å². The SMILES string of the molecule is CC1OCCC1N(C)C(CN)c1ccccn1. The zero-order valence-corrected chi connectivity index (χ0v) is 10.5. The van der Waals surface area contributed by atoms with E-state index in [1.165, 1.54) is 0 Å². The Bertz CT molecular complexity index is 344. The van der Waals surface area contributed by atoms with Crippen LogP contribution in [-0.4, -0.2) is 42.2 Å². The minimum Gasteiger partial charge on any atom is -0.377 e. The number of rotatable bonds is 4. The van der Waals surface area contributed by atoms with Gasteiger partial charge >= 0.3 is 0 Å². The van der Waals surface area contributed by atoms with Crippen molar-refractivity contribution in [1.82, 2.24) is 9.88 Å². The van der Waals surface area contributed by atoms with Gasteiger partial charge in [0.05, 0.1) is 17.8 Å². The highest BCUT2D eigenvalue weighted by molar-refractivity contribution is 5.10. The Morgan fingerprint density at radius 1 is 1.59 bits per heavy atom. The summed E-state index contributed by atoms with van der Waals surface area (Å²) in [5.74, 6) is 0. The summed E-state index contributed by atoms with van der Waals surface area (Å²) in [6.45, 7) is 3.55. The summed E-state index contributed by atoms with van der Waals surface area (Å²) < 4.78 is 5.61. The predicted octanol–water partition coefficient (Wildman–Crippen LogP) is 1.19. The standard InChI is InChI=1S/C13H21N3O/c1-10-12(6-8-17-10)16(2)13(9-14)11-5-3-4-7-15-11/h3-5,7,10,12-13H,6,8-9,14H2,1-2H3. The van der Waals surface area contributed by atoms with Gasteiger partial charge < -0.3 is 10.5 Å². The van der Waals surface area contributed by atoms with Crippen LogP contribution in [0, 0.1) is 0 Å². The molecule has 3 unspecified atom stereocenters. The molecule has 94 valence electrons. The van der Waals surface area contributed by atoms with Crippen LogP contribution in [0.2, 0.25) is 0 Å². The van der Waals surface area contributed by atoms with Crippen molar-refractivity contribution in [3.05, 3.63) is 30.1 Å². The van der Waals surface area contributed by atoms with Gasteiger partial charge in [-0.1, -0.05) is 6.07 Å². The molecular formula is C13H21N3O. The molecule has 17 heavy (non-hydrogen) atoms. The van der Waals surface area contributed by atoms with Crippen molar-refractivity contribution >= 4 is 0 Å². The van der Waals surface area contributed by atoms with Crippen LogP contribution in [0.5, 0.6) is 0 Å². The molecule has 1 aliphatic heterocycles. The number of aromatic nitrogens is 1. The van der Waals surface area contributed by atoms with Crippen molar-refractivity contribution in [3.63, 3.8) is 0 Å². The summed E-state index contributed by atoms with van der Waals surface area (Å²) >= 11 is 0. The van der Waals surface area contributed by atoms with Crippen molar-refractivity contribution in [3.8, 4) is 0 Å². The van der Waals surface area contributed by atoms with Crippen molar-refractivity contribution in [1.29, 1.82) is 0 Å². The smallest absolute Gasteiger partial charge is 0.0703 e. The first-order chi connectivity index (χ1) is 8.24. The van der Waals surface area contributed by atoms with Crippen LogP contribution >= 0.6 is 0 Å². The fourth-order valence-electron chi connectivity index (χ4n) is 2.56. The number of nitrogens with two attached hydrogens (primary N) is 1. The summed E-state index contributed by atoms with van der Waals surface area (Å²) in [5, 5.41) is 0. The molecule has 2 rings (SSSR count). The van der Waals surface area contributed by atoms with E-state index in [-0.39, 0.29) is 12.1 Å². The van der Waals surface area contributed by atoms with Gasteiger partial charge in [-0.15, -0.1) is 0 Å². The van der Waals surface area contributed by atoms with Gasteiger partial charge in [0.15, 0.2) is 0 Å². The Balaban J connectivity index is 2.13. The molecular weight excluding hydrogens is 214 g/mol. The second-order valence-corrected chi connectivity index (χ2v) is 4.60. The highest BCUT2D eigenvalue weighted by Crippen LogP contribution is 2.25. The van der Waals surface area contributed by atoms with Gasteiger partial charge in [0.2, 0.25) is 0 Å². The first-order valence-corrected chi connectivity index (χ1v) is 6.18. The summed E-state index contributed by atoms with van der Waals surface area (Å²) in [6.07, 6.45) is 3.17. The lowest BCUT2D eigenvalue weighted by molar-refractivity contribution is 0.0678. The normalized spacial score (nSPS) is 26.4. The van der Waals surface area contributed by atoms with E-state index in [2.05, 4.69) is 23.9 Å². The average molecular weight is 235 g/mol. The molecule has 2 heterocycles. The summed E-state index contributed by atoms with van der Waals surface area (Å²) in [5.41, 5.74) is 6.93. The zero-order valence-electron chi connectivity index (χ0n) is 10.5. The lowest BCUT2D eigenvalue weighted by Gasteiger charge is -2.33. The Kier molecular flexibility index (Phi) is 4.10. The third-order valence-electron chi connectivity index (χ3n) is 3.60. The lowest BCUT2D eigenvalue weighted by atomic mass is 10.1. The number of hydrogen-bond acceptors (Lipinski definition) is 4. The van der Waals surface area contributed by atoms with Crippen LogP contribution < -0.4 is 5.73 Å². The molecule has 1 saturated heterocycles. The van der Waals surface area contributed by atoms with E-state index in [4.69, 9.17) is 10.5 Å². The molecule has 0 spiro atoms. The molecule has 1 fully saturated rings. The quantitative estimate of drug-likeness (QED) is 0.851. The second kappa shape index (κ2) is 5.58. The van der Waals surface area contributed by atoms with Crippen LogP contribution in [-0.2, 0) is 4.74 Å². The molecule has 1 aromatic rings. The molecule has 0 radical (unpaired) electrons. The summed E-state index contributed by atoms with van der Waals surface area (Å²) in [4.78, 5) is 6.71. The Morgan fingerprint density at radius 3 is 2.94 bits per heavy atom. The molecule has 4 nitrogen and oxygen atoms in total. The topological polar surface area (TPSA) is 51.4 Å². The van der Waals surface area contributed by atoms with E-state index in [1.54, 1.807) is 0 Å². The van der Waals surface area contributed by atoms with Crippen molar-refractivity contribution < 1.29 is 4.74 Å². The first-order valence-electron chi connectivity index (χ1n) is 6.18. The van der Waals surface area contributed by atoms with Gasteiger partial charge in [0.25, 0.3) is 0 Å². The average Bonchev–Trinajstić information content (AvgIpc) is 2.77. The van der Waals surface area contributed by atoms with Crippen molar-refractivity contribution in [2.75, 3.05) is 20.2 Å². The minimum absolute atomic E-state index is 0.172. The van der Waals surface area contributed by atoms with Gasteiger partial charge in [-0.05, 0) is 32.5 Å². The zero-order chi connectivity index (χ0) is 12.3. The molecule has 0 aliphatic carbocycles. The molecule has 1 aliphatic rings. The van der Waals surface area contributed by atoms with E-state index in [9.17, 15) is 0 Å². The molecule has 2 N–H and O–H groups in total. The maximum absolute atomic E-state index is 5.90. The molecule has 0 saturated carbocycles. The fraction of sp³-hybridized carbons (Fsp3) is 0.615. The van der Waals surface area contributed by atoms with Gasteiger partial charge in [-0.3, -0.25) is 9.88 Å². The Hall–Kier alpha value is -0.970. The van der Waals surface area contributed by atoms with E-state index in [0.717, 1.165) is 18.7 Å². The lowest BCUT2D eigenvalue weighted by Crippen LogP contribution is -2.42. The van der Waals surface area contributed by atoms with Crippen LogP contribution in [0.25, 0.3) is 0 Å². The highest BCUT2D eigenvalue weighted by Gasteiger charge is 2.32. The molecule has 3 atom stereocenters. The monoisotopic (exact) mass is 235 g/mol. The van der Waals surface area contributed by atoms with E-state index >= 15 is 0 Å². The number of ether oxygens (including phenoxy) is 1. The number of hydrogen-bond donors (Lipinski definition) is 1. The molecule has 0 aromatic carbocycles. The number of likely N-dealkylation sites (N-methyl/N-ethyl adjacent to an activating group) is 1. The van der Waals surface area contributed by atoms with E-state index in [1.807, 2.05) is 24.4 Å². The van der Waals surface area contributed by atoms with Crippen LogP contribution in [0.3, 0.4) is 0 Å². The number of nitrogens with zero attached hydrogens (tertiary/aromatic N) is 2. The minimum atomic E-state index is 0.172. The maximum Gasteiger partial charge on any atom is 0.0703 e. The third-order valence-corrected chi connectivity index (χ3v) is 3.60. The van der Waals surface area contributed by atoms with Crippen LogP contribution in [0.15, 0.2) is 24.4 Å². The van der Waals surface area contributed by atoms with E-state index in [0.29, 0.717) is 12.6 Å². The van der Waals surface area contributed by atoms with Crippen molar-refractivity contribution in [2.24, 2.45) is 5.73 Å². The highest BCUT2D eigenvalue weighted by atomic mass is 16.5. The number of pyridine rings is 1. The van der Waals surface area contributed by atoms with Gasteiger partial charge in [0.1, 0.15) is 0 Å². The fourth-order valence-corrected chi connectivity index (χ4v) is 2.56. The Morgan fingerprint density at radius 2 is 2.41 bits per heavy atom. The largest absolute Gasteiger partial charge is 0.377 e. The van der Waals surface area contributed by atoms with Crippen LogP contribution in [0.1, 0.15) is 25.1 Å². The molecule has 0 bridgehead atoms. The predicted molar refractivity (Wildman–Crippen MR) is 67.6 cm³/mol. The molecule has 1 aromatic heterocycles. The van der Waals surface area contributed by atoms with E-state index < -0.39 is 0 Å². The summed E-state index contributed by atoms with van der Waals surface area (Å²) in [7, 11) is 2.11. The maximum atomic E-state index is 5.90. The second-order valence-electron chi connectivity index (χ2n) is 4.60. The van der Waals surface area contributed by atoms with Gasteiger partial charge in [-0.2, -0.15) is 0 Å². The first kappa shape index (κ1) is 12.5. The van der Waals surface area contributed by atoms with Crippen molar-refractivity contribution in [2.45, 2.75) is 31.5 Å². The Labute approximate surface area is 103 Å². The molecule has 0 amide bonds. The third kappa shape index (κ3) is 2.65. The summed E-state index contributed by atoms with van der Waals surface area (Å²) in [6, 6.07) is 6.58. The van der Waals surface area contributed by atoms with Gasteiger partial charge in [-0.25, -0.2) is 0 Å². The van der Waals surface area contributed by atoms with Gasteiger partial charge in [0, 0.05) is 25.4 Å². The molecule has 4 heteroatoms.